The third-order valence-corrected chi connectivity index (χ3v) is 5.71. The van der Waals surface area contributed by atoms with Crippen LogP contribution in [-0.4, -0.2) is 37.1 Å². The predicted molar refractivity (Wildman–Crippen MR) is 113 cm³/mol. The first-order valence-corrected chi connectivity index (χ1v) is 9.86. The van der Waals surface area contributed by atoms with Crippen LogP contribution in [0, 0.1) is 0 Å². The number of urea groups is 1. The van der Waals surface area contributed by atoms with Gasteiger partial charge >= 0.3 is 6.03 Å². The van der Waals surface area contributed by atoms with E-state index in [2.05, 4.69) is 53.4 Å². The van der Waals surface area contributed by atoms with Crippen molar-refractivity contribution >= 4 is 23.1 Å². The molecule has 28 heavy (non-hydrogen) atoms. The van der Waals surface area contributed by atoms with Crippen LogP contribution in [0.1, 0.15) is 11.1 Å². The molecule has 2 aliphatic rings. The monoisotopic (exact) mass is 369 g/mol. The highest BCUT2D eigenvalue weighted by Gasteiger charge is 2.32. The molecule has 0 saturated carbocycles. The Morgan fingerprint density at radius 2 is 1.18 bits per heavy atom. The molecule has 1 saturated heterocycles. The molecule has 0 aliphatic carbocycles. The number of para-hydroxylation sites is 3. The predicted octanol–water partition coefficient (Wildman–Crippen LogP) is 4.67. The third kappa shape index (κ3) is 2.91. The summed E-state index contributed by atoms with van der Waals surface area (Å²) in [6, 6.07) is 27.0. The standard InChI is InChI=1S/C24H23N3O/c28-24(26-16-14-25(15-17-26)21-10-2-1-3-11-21)27-22-12-6-4-8-19(22)18-20-9-5-7-13-23(20)27/h1-13H,14-18H2. The highest BCUT2D eigenvalue weighted by atomic mass is 16.2. The normalized spacial score (nSPS) is 15.8. The van der Waals surface area contributed by atoms with Gasteiger partial charge < -0.3 is 9.80 Å². The molecular weight excluding hydrogens is 346 g/mol. The Bertz CT molecular complexity index is 948. The van der Waals surface area contributed by atoms with E-state index in [-0.39, 0.29) is 6.03 Å². The second-order valence-corrected chi connectivity index (χ2v) is 7.36. The van der Waals surface area contributed by atoms with Crippen molar-refractivity contribution in [1.29, 1.82) is 0 Å². The molecule has 4 heteroatoms. The molecule has 2 aliphatic heterocycles. The average Bonchev–Trinajstić information content (AvgIpc) is 2.77. The fraction of sp³-hybridized carbons (Fsp3) is 0.208. The Hall–Kier alpha value is -3.27. The second-order valence-electron chi connectivity index (χ2n) is 7.36. The summed E-state index contributed by atoms with van der Waals surface area (Å²) < 4.78 is 0. The van der Waals surface area contributed by atoms with E-state index >= 15 is 0 Å². The van der Waals surface area contributed by atoms with Crippen molar-refractivity contribution < 1.29 is 4.79 Å². The molecule has 140 valence electrons. The number of rotatable bonds is 1. The fourth-order valence-corrected chi connectivity index (χ4v) is 4.23. The molecule has 3 aromatic carbocycles. The average molecular weight is 369 g/mol. The van der Waals surface area contributed by atoms with E-state index in [4.69, 9.17) is 0 Å². The highest BCUT2D eigenvalue weighted by molar-refractivity contribution is 6.02. The zero-order valence-electron chi connectivity index (χ0n) is 15.8. The molecule has 0 unspecified atom stereocenters. The van der Waals surface area contributed by atoms with Gasteiger partial charge in [-0.25, -0.2) is 4.79 Å². The van der Waals surface area contributed by atoms with Gasteiger partial charge in [-0.3, -0.25) is 4.90 Å². The van der Waals surface area contributed by atoms with E-state index in [1.165, 1.54) is 16.8 Å². The van der Waals surface area contributed by atoms with Crippen LogP contribution >= 0.6 is 0 Å². The lowest BCUT2D eigenvalue weighted by molar-refractivity contribution is 0.203. The Morgan fingerprint density at radius 1 is 0.643 bits per heavy atom. The molecule has 0 spiro atoms. The smallest absolute Gasteiger partial charge is 0.329 e. The SMILES string of the molecule is O=C(N1CCN(c2ccccc2)CC1)N1c2ccccc2Cc2ccccc21. The number of piperazine rings is 1. The quantitative estimate of drug-likeness (QED) is 0.623. The molecule has 0 N–H and O–H groups in total. The lowest BCUT2D eigenvalue weighted by atomic mass is 9.96. The van der Waals surface area contributed by atoms with Gasteiger partial charge in [-0.15, -0.1) is 0 Å². The highest BCUT2D eigenvalue weighted by Crippen LogP contribution is 2.39. The van der Waals surface area contributed by atoms with E-state index in [0.717, 1.165) is 44.0 Å². The number of fused-ring (bicyclic) bond motifs is 2. The number of carbonyl (C=O) groups excluding carboxylic acids is 1. The summed E-state index contributed by atoms with van der Waals surface area (Å²) in [7, 11) is 0. The van der Waals surface area contributed by atoms with E-state index < -0.39 is 0 Å². The summed E-state index contributed by atoms with van der Waals surface area (Å²) in [5, 5.41) is 0. The molecule has 0 aromatic heterocycles. The van der Waals surface area contributed by atoms with Crippen molar-refractivity contribution in [2.45, 2.75) is 6.42 Å². The summed E-state index contributed by atoms with van der Waals surface area (Å²) in [6.45, 7) is 3.17. The molecule has 0 atom stereocenters. The number of hydrogen-bond donors (Lipinski definition) is 0. The Balaban J connectivity index is 1.40. The number of anilines is 3. The van der Waals surface area contributed by atoms with Crippen LogP contribution in [0.5, 0.6) is 0 Å². The zero-order chi connectivity index (χ0) is 18.9. The maximum Gasteiger partial charge on any atom is 0.329 e. The van der Waals surface area contributed by atoms with E-state index in [1.807, 2.05) is 40.1 Å². The van der Waals surface area contributed by atoms with Gasteiger partial charge in [0.05, 0.1) is 11.4 Å². The lowest BCUT2D eigenvalue weighted by Gasteiger charge is -2.40. The van der Waals surface area contributed by atoms with Crippen LogP contribution in [-0.2, 0) is 6.42 Å². The van der Waals surface area contributed by atoms with Crippen LogP contribution in [0.3, 0.4) is 0 Å². The van der Waals surface area contributed by atoms with Gasteiger partial charge in [-0.05, 0) is 35.4 Å². The summed E-state index contributed by atoms with van der Waals surface area (Å²) in [5.74, 6) is 0. The van der Waals surface area contributed by atoms with Crippen LogP contribution in [0.25, 0.3) is 0 Å². The molecule has 2 amide bonds. The zero-order valence-corrected chi connectivity index (χ0v) is 15.8. The molecule has 0 radical (unpaired) electrons. The molecule has 1 fully saturated rings. The van der Waals surface area contributed by atoms with Crippen LogP contribution in [0.2, 0.25) is 0 Å². The minimum atomic E-state index is 0.0762. The van der Waals surface area contributed by atoms with Gasteiger partial charge in [0.15, 0.2) is 0 Å². The van der Waals surface area contributed by atoms with E-state index in [0.29, 0.717) is 0 Å². The van der Waals surface area contributed by atoms with Gasteiger partial charge in [0, 0.05) is 38.3 Å². The third-order valence-electron chi connectivity index (χ3n) is 5.71. The Kier molecular flexibility index (Phi) is 4.24. The minimum absolute atomic E-state index is 0.0762. The first-order chi connectivity index (χ1) is 13.8. The number of nitrogens with zero attached hydrogens (tertiary/aromatic N) is 3. The molecule has 4 nitrogen and oxygen atoms in total. The van der Waals surface area contributed by atoms with Crippen LogP contribution in [0.4, 0.5) is 21.9 Å². The van der Waals surface area contributed by atoms with Crippen molar-refractivity contribution in [3.05, 3.63) is 90.0 Å². The lowest BCUT2D eigenvalue weighted by Crippen LogP contribution is -2.52. The molecule has 5 rings (SSSR count). The molecule has 3 aromatic rings. The van der Waals surface area contributed by atoms with Crippen LogP contribution in [0.15, 0.2) is 78.9 Å². The first-order valence-electron chi connectivity index (χ1n) is 9.86. The maximum absolute atomic E-state index is 13.6. The Labute approximate surface area is 165 Å². The van der Waals surface area contributed by atoms with E-state index in [1.54, 1.807) is 0 Å². The molecule has 0 bridgehead atoms. The summed E-state index contributed by atoms with van der Waals surface area (Å²) >= 11 is 0. The van der Waals surface area contributed by atoms with Gasteiger partial charge in [-0.1, -0.05) is 54.6 Å². The summed E-state index contributed by atoms with van der Waals surface area (Å²) in [5.41, 5.74) is 5.66. The van der Waals surface area contributed by atoms with Crippen molar-refractivity contribution in [3.8, 4) is 0 Å². The number of amides is 2. The Morgan fingerprint density at radius 3 is 1.79 bits per heavy atom. The van der Waals surface area contributed by atoms with Gasteiger partial charge in [0.1, 0.15) is 0 Å². The largest absolute Gasteiger partial charge is 0.368 e. The van der Waals surface area contributed by atoms with E-state index in [9.17, 15) is 4.79 Å². The van der Waals surface area contributed by atoms with Gasteiger partial charge in [-0.2, -0.15) is 0 Å². The second kappa shape index (κ2) is 7.04. The topological polar surface area (TPSA) is 26.8 Å². The summed E-state index contributed by atoms with van der Waals surface area (Å²) in [4.78, 5) is 19.8. The van der Waals surface area contributed by atoms with Crippen molar-refractivity contribution in [3.63, 3.8) is 0 Å². The first kappa shape index (κ1) is 16.9. The summed E-state index contributed by atoms with van der Waals surface area (Å²) in [6.07, 6.45) is 0.873. The van der Waals surface area contributed by atoms with Crippen molar-refractivity contribution in [2.75, 3.05) is 36.0 Å². The van der Waals surface area contributed by atoms with Crippen molar-refractivity contribution in [2.24, 2.45) is 0 Å². The minimum Gasteiger partial charge on any atom is -0.368 e. The number of hydrogen-bond acceptors (Lipinski definition) is 2. The fourth-order valence-electron chi connectivity index (χ4n) is 4.23. The van der Waals surface area contributed by atoms with Gasteiger partial charge in [0.25, 0.3) is 0 Å². The maximum atomic E-state index is 13.6. The van der Waals surface area contributed by atoms with Gasteiger partial charge in [0.2, 0.25) is 0 Å². The van der Waals surface area contributed by atoms with Crippen LogP contribution < -0.4 is 9.80 Å². The van der Waals surface area contributed by atoms with Crippen molar-refractivity contribution in [1.82, 2.24) is 4.90 Å². The molecule has 2 heterocycles. The number of benzene rings is 3. The molecular formula is C24H23N3O. The number of carbonyl (C=O) groups is 1.